The molecule has 0 amide bonds. The quantitative estimate of drug-likeness (QED) is 0.930. The Hall–Kier alpha value is -1.64. The van der Waals surface area contributed by atoms with Crippen molar-refractivity contribution < 1.29 is 4.74 Å². The Morgan fingerprint density at radius 1 is 0.909 bits per heavy atom. The highest BCUT2D eigenvalue weighted by Crippen LogP contribution is 2.52. The SMILES string of the molecule is COC(c1ccccc1)(c1ccccc1)C1C2CCC1NC2. The van der Waals surface area contributed by atoms with Gasteiger partial charge in [0, 0.05) is 19.1 Å². The summed E-state index contributed by atoms with van der Waals surface area (Å²) in [6, 6.07) is 22.1. The summed E-state index contributed by atoms with van der Waals surface area (Å²) in [6.07, 6.45) is 2.58. The number of hydrogen-bond donors (Lipinski definition) is 1. The molecular formula is C20H23NO. The third-order valence-electron chi connectivity index (χ3n) is 5.63. The van der Waals surface area contributed by atoms with Crippen LogP contribution in [0.5, 0.6) is 0 Å². The molecule has 2 aromatic rings. The first-order chi connectivity index (χ1) is 10.9. The van der Waals surface area contributed by atoms with Crippen molar-refractivity contribution in [3.63, 3.8) is 0 Å². The van der Waals surface area contributed by atoms with E-state index in [-0.39, 0.29) is 5.60 Å². The first kappa shape index (κ1) is 14.0. The summed E-state index contributed by atoms with van der Waals surface area (Å²) in [6.45, 7) is 1.13. The van der Waals surface area contributed by atoms with Crippen molar-refractivity contribution in [2.24, 2.45) is 11.8 Å². The molecule has 4 rings (SSSR count). The zero-order chi connectivity index (χ0) is 15.0. The molecule has 1 heterocycles. The van der Waals surface area contributed by atoms with Crippen LogP contribution in [0.3, 0.4) is 0 Å². The van der Waals surface area contributed by atoms with E-state index in [4.69, 9.17) is 4.74 Å². The Bertz CT molecular complexity index is 565. The minimum absolute atomic E-state index is 0.349. The molecule has 1 saturated carbocycles. The summed E-state index contributed by atoms with van der Waals surface area (Å²) in [4.78, 5) is 0. The van der Waals surface area contributed by atoms with Gasteiger partial charge in [0.2, 0.25) is 0 Å². The van der Waals surface area contributed by atoms with Crippen LogP contribution in [-0.4, -0.2) is 19.7 Å². The maximum Gasteiger partial charge on any atom is 0.122 e. The summed E-state index contributed by atoms with van der Waals surface area (Å²) < 4.78 is 6.33. The fourth-order valence-electron chi connectivity index (χ4n) is 4.75. The van der Waals surface area contributed by atoms with Gasteiger partial charge in [-0.15, -0.1) is 0 Å². The molecule has 3 unspecified atom stereocenters. The van der Waals surface area contributed by atoms with Gasteiger partial charge in [0.25, 0.3) is 0 Å². The van der Waals surface area contributed by atoms with Crippen molar-refractivity contribution >= 4 is 0 Å². The second-order valence-corrected chi connectivity index (χ2v) is 6.55. The molecule has 1 N–H and O–H groups in total. The van der Waals surface area contributed by atoms with Gasteiger partial charge < -0.3 is 10.1 Å². The molecule has 0 spiro atoms. The molecule has 2 fully saturated rings. The molecule has 114 valence electrons. The largest absolute Gasteiger partial charge is 0.368 e. The van der Waals surface area contributed by atoms with Gasteiger partial charge in [-0.3, -0.25) is 0 Å². The Labute approximate surface area is 132 Å². The molecule has 1 aliphatic heterocycles. The highest BCUT2D eigenvalue weighted by molar-refractivity contribution is 5.39. The van der Waals surface area contributed by atoms with Crippen molar-refractivity contribution in [1.29, 1.82) is 0 Å². The third kappa shape index (κ3) is 1.94. The van der Waals surface area contributed by atoms with Crippen LogP contribution in [0.15, 0.2) is 60.7 Å². The van der Waals surface area contributed by atoms with Crippen molar-refractivity contribution in [2.45, 2.75) is 24.5 Å². The molecule has 0 aromatic heterocycles. The highest BCUT2D eigenvalue weighted by atomic mass is 16.5. The predicted molar refractivity (Wildman–Crippen MR) is 88.7 cm³/mol. The molecule has 0 radical (unpaired) electrons. The predicted octanol–water partition coefficient (Wildman–Crippen LogP) is 3.57. The van der Waals surface area contributed by atoms with Crippen LogP contribution in [0.4, 0.5) is 0 Å². The molecule has 22 heavy (non-hydrogen) atoms. The molecule has 1 aliphatic carbocycles. The third-order valence-corrected chi connectivity index (χ3v) is 5.63. The van der Waals surface area contributed by atoms with E-state index in [1.165, 1.54) is 24.0 Å². The molecule has 2 bridgehead atoms. The minimum Gasteiger partial charge on any atom is -0.368 e. The van der Waals surface area contributed by atoms with Crippen molar-refractivity contribution in [3.8, 4) is 0 Å². The summed E-state index contributed by atoms with van der Waals surface area (Å²) in [5, 5.41) is 3.71. The highest BCUT2D eigenvalue weighted by Gasteiger charge is 2.55. The second-order valence-electron chi connectivity index (χ2n) is 6.55. The molecule has 2 heteroatoms. The maximum atomic E-state index is 6.33. The van der Waals surface area contributed by atoms with E-state index in [0.717, 1.165) is 6.54 Å². The van der Waals surface area contributed by atoms with E-state index in [1.807, 2.05) is 7.11 Å². The van der Waals surface area contributed by atoms with Gasteiger partial charge in [-0.2, -0.15) is 0 Å². The van der Waals surface area contributed by atoms with Gasteiger partial charge in [-0.05, 0) is 36.4 Å². The molecule has 1 saturated heterocycles. The number of hydrogen-bond acceptors (Lipinski definition) is 2. The van der Waals surface area contributed by atoms with E-state index in [9.17, 15) is 0 Å². The maximum absolute atomic E-state index is 6.33. The normalized spacial score (nSPS) is 27.2. The van der Waals surface area contributed by atoms with Crippen molar-refractivity contribution in [1.82, 2.24) is 5.32 Å². The summed E-state index contributed by atoms with van der Waals surface area (Å²) in [5.41, 5.74) is 2.20. The Kier molecular flexibility index (Phi) is 3.51. The number of ether oxygens (including phenoxy) is 1. The van der Waals surface area contributed by atoms with Crippen molar-refractivity contribution in [3.05, 3.63) is 71.8 Å². The number of fused-ring (bicyclic) bond motifs is 2. The van der Waals surface area contributed by atoms with Gasteiger partial charge in [0.05, 0.1) is 0 Å². The molecule has 3 atom stereocenters. The molecule has 2 nitrogen and oxygen atoms in total. The summed E-state index contributed by atoms with van der Waals surface area (Å²) >= 11 is 0. The van der Waals surface area contributed by atoms with E-state index in [1.54, 1.807) is 0 Å². The minimum atomic E-state index is -0.349. The van der Waals surface area contributed by atoms with E-state index >= 15 is 0 Å². The number of rotatable bonds is 4. The van der Waals surface area contributed by atoms with Crippen molar-refractivity contribution in [2.75, 3.05) is 13.7 Å². The van der Waals surface area contributed by atoms with E-state index in [0.29, 0.717) is 17.9 Å². The summed E-state index contributed by atoms with van der Waals surface area (Å²) in [7, 11) is 1.87. The lowest BCUT2D eigenvalue weighted by Gasteiger charge is -2.41. The Balaban J connectivity index is 1.91. The average Bonchev–Trinajstić information content (AvgIpc) is 3.19. The zero-order valence-electron chi connectivity index (χ0n) is 13.0. The van der Waals surface area contributed by atoms with Gasteiger partial charge in [-0.1, -0.05) is 60.7 Å². The van der Waals surface area contributed by atoms with Crippen LogP contribution in [0, 0.1) is 11.8 Å². The lowest BCUT2D eigenvalue weighted by atomic mass is 9.71. The van der Waals surface area contributed by atoms with Crippen LogP contribution in [0.1, 0.15) is 24.0 Å². The topological polar surface area (TPSA) is 21.3 Å². The van der Waals surface area contributed by atoms with Gasteiger partial charge in [-0.25, -0.2) is 0 Å². The second kappa shape index (κ2) is 5.53. The number of methoxy groups -OCH3 is 1. The first-order valence-corrected chi connectivity index (χ1v) is 8.26. The average molecular weight is 293 g/mol. The van der Waals surface area contributed by atoms with Gasteiger partial charge in [0.1, 0.15) is 5.60 Å². The smallest absolute Gasteiger partial charge is 0.122 e. The summed E-state index contributed by atoms with van der Waals surface area (Å²) in [5.74, 6) is 1.20. The van der Waals surface area contributed by atoms with Gasteiger partial charge in [0.15, 0.2) is 0 Å². The number of nitrogens with one attached hydrogen (secondary N) is 1. The fourth-order valence-corrected chi connectivity index (χ4v) is 4.75. The first-order valence-electron chi connectivity index (χ1n) is 8.26. The molecule has 2 aromatic carbocycles. The molecule has 2 aliphatic rings. The van der Waals surface area contributed by atoms with Crippen LogP contribution in [0.2, 0.25) is 0 Å². The van der Waals surface area contributed by atoms with Crippen LogP contribution in [-0.2, 0) is 10.3 Å². The lowest BCUT2D eigenvalue weighted by molar-refractivity contribution is -0.0380. The van der Waals surface area contributed by atoms with E-state index in [2.05, 4.69) is 66.0 Å². The fraction of sp³-hybridized carbons (Fsp3) is 0.400. The number of piperidine rings is 1. The van der Waals surface area contributed by atoms with Crippen LogP contribution < -0.4 is 5.32 Å². The van der Waals surface area contributed by atoms with Crippen LogP contribution >= 0.6 is 0 Å². The standard InChI is InChI=1S/C20H23NO/c1-22-20(16-8-4-2-5-9-16,17-10-6-3-7-11-17)19-15-12-13-18(19)21-14-15/h2-11,15,18-19,21H,12-14H2,1H3. The number of benzene rings is 2. The Morgan fingerprint density at radius 3 is 1.86 bits per heavy atom. The lowest BCUT2D eigenvalue weighted by Crippen LogP contribution is -2.44. The Morgan fingerprint density at radius 2 is 1.50 bits per heavy atom. The zero-order valence-corrected chi connectivity index (χ0v) is 13.0. The van der Waals surface area contributed by atoms with Gasteiger partial charge >= 0.3 is 0 Å². The molecular weight excluding hydrogens is 270 g/mol. The van der Waals surface area contributed by atoms with Crippen LogP contribution in [0.25, 0.3) is 0 Å². The van der Waals surface area contributed by atoms with E-state index < -0.39 is 0 Å². The monoisotopic (exact) mass is 293 g/mol.